The highest BCUT2D eigenvalue weighted by Crippen LogP contribution is 2.21. The topological polar surface area (TPSA) is 67.2 Å². The van der Waals surface area contributed by atoms with Gasteiger partial charge in [0.1, 0.15) is 5.69 Å². The first-order valence-electron chi connectivity index (χ1n) is 6.15. The number of amides is 1. The van der Waals surface area contributed by atoms with Crippen LogP contribution in [0.3, 0.4) is 0 Å². The highest BCUT2D eigenvalue weighted by Gasteiger charge is 2.10. The number of nitrogen functional groups attached to an aromatic ring is 1. The lowest BCUT2D eigenvalue weighted by Crippen LogP contribution is -2.28. The number of hydrogen-bond donors (Lipinski definition) is 3. The Kier molecular flexibility index (Phi) is 5.54. The number of halogens is 2. The monoisotopic (exact) mass is 271 g/mol. The van der Waals surface area contributed by atoms with E-state index in [-0.39, 0.29) is 30.2 Å². The third-order valence-corrected chi connectivity index (χ3v) is 2.43. The molecule has 19 heavy (non-hydrogen) atoms. The van der Waals surface area contributed by atoms with Crippen molar-refractivity contribution < 1.29 is 13.6 Å². The molecule has 0 fully saturated rings. The molecule has 0 aliphatic rings. The van der Waals surface area contributed by atoms with E-state index in [2.05, 4.69) is 10.6 Å². The Hall–Kier alpha value is -1.85. The molecular formula is C13H19F2N3O. The molecular weight excluding hydrogens is 252 g/mol. The zero-order valence-corrected chi connectivity index (χ0v) is 11.1. The van der Waals surface area contributed by atoms with Crippen molar-refractivity contribution in [2.24, 2.45) is 5.92 Å². The first-order valence-corrected chi connectivity index (χ1v) is 6.15. The van der Waals surface area contributed by atoms with Gasteiger partial charge in [-0.1, -0.05) is 13.8 Å². The van der Waals surface area contributed by atoms with Crippen LogP contribution in [0, 0.1) is 17.6 Å². The van der Waals surface area contributed by atoms with Crippen LogP contribution in [0.5, 0.6) is 0 Å². The minimum absolute atomic E-state index is 0.0234. The Labute approximate surface area is 111 Å². The van der Waals surface area contributed by atoms with Gasteiger partial charge in [-0.3, -0.25) is 4.79 Å². The molecule has 0 aliphatic heterocycles. The molecule has 4 nitrogen and oxygen atoms in total. The van der Waals surface area contributed by atoms with Gasteiger partial charge in [-0.2, -0.15) is 0 Å². The first kappa shape index (κ1) is 15.2. The summed E-state index contributed by atoms with van der Waals surface area (Å²) in [6.07, 6.45) is 0.149. The average molecular weight is 271 g/mol. The van der Waals surface area contributed by atoms with Crippen molar-refractivity contribution in [1.29, 1.82) is 0 Å². The molecule has 0 bridgehead atoms. The summed E-state index contributed by atoms with van der Waals surface area (Å²) in [5.41, 5.74) is 5.07. The van der Waals surface area contributed by atoms with Crippen molar-refractivity contribution >= 4 is 17.3 Å². The fraction of sp³-hybridized carbons (Fsp3) is 0.462. The molecule has 0 aromatic heterocycles. The minimum Gasteiger partial charge on any atom is -0.399 e. The Morgan fingerprint density at radius 3 is 2.42 bits per heavy atom. The van der Waals surface area contributed by atoms with Crippen molar-refractivity contribution in [1.82, 2.24) is 5.32 Å². The van der Waals surface area contributed by atoms with Gasteiger partial charge < -0.3 is 16.4 Å². The van der Waals surface area contributed by atoms with E-state index in [1.54, 1.807) is 0 Å². The number of carbonyl (C=O) groups is 1. The molecule has 106 valence electrons. The summed E-state index contributed by atoms with van der Waals surface area (Å²) in [6.45, 7) is 4.71. The fourth-order valence-electron chi connectivity index (χ4n) is 1.47. The number of rotatable bonds is 6. The normalized spacial score (nSPS) is 10.6. The smallest absolute Gasteiger partial charge is 0.221 e. The second-order valence-electron chi connectivity index (χ2n) is 4.73. The zero-order chi connectivity index (χ0) is 14.4. The molecule has 1 aromatic rings. The molecule has 4 N–H and O–H groups in total. The van der Waals surface area contributed by atoms with E-state index in [1.807, 2.05) is 13.8 Å². The standard InChI is InChI=1S/C13H19F2N3O/c1-8(2)7-18-12(19)3-4-17-13-10(14)5-9(16)6-11(13)15/h5-6,8,17H,3-4,7,16H2,1-2H3,(H,18,19). The van der Waals surface area contributed by atoms with Crippen LogP contribution >= 0.6 is 0 Å². The lowest BCUT2D eigenvalue weighted by atomic mass is 10.2. The molecule has 0 saturated heterocycles. The van der Waals surface area contributed by atoms with E-state index in [4.69, 9.17) is 5.73 Å². The van der Waals surface area contributed by atoms with E-state index in [9.17, 15) is 13.6 Å². The van der Waals surface area contributed by atoms with Gasteiger partial charge in [0.25, 0.3) is 0 Å². The number of nitrogens with two attached hydrogens (primary N) is 1. The second kappa shape index (κ2) is 6.92. The molecule has 1 rings (SSSR count). The van der Waals surface area contributed by atoms with Crippen molar-refractivity contribution in [2.75, 3.05) is 24.1 Å². The largest absolute Gasteiger partial charge is 0.399 e. The Bertz CT molecular complexity index is 427. The van der Waals surface area contributed by atoms with Crippen molar-refractivity contribution in [3.8, 4) is 0 Å². The number of hydrogen-bond acceptors (Lipinski definition) is 3. The van der Waals surface area contributed by atoms with E-state index < -0.39 is 11.6 Å². The van der Waals surface area contributed by atoms with Crippen molar-refractivity contribution in [3.63, 3.8) is 0 Å². The number of anilines is 2. The Morgan fingerprint density at radius 1 is 1.32 bits per heavy atom. The van der Waals surface area contributed by atoms with Gasteiger partial charge in [0.15, 0.2) is 11.6 Å². The third-order valence-electron chi connectivity index (χ3n) is 2.43. The van der Waals surface area contributed by atoms with Crippen molar-refractivity contribution in [2.45, 2.75) is 20.3 Å². The molecule has 0 unspecified atom stereocenters. The molecule has 1 amide bonds. The zero-order valence-electron chi connectivity index (χ0n) is 11.1. The predicted octanol–water partition coefficient (Wildman–Crippen LogP) is 2.12. The average Bonchev–Trinajstić information content (AvgIpc) is 2.29. The highest BCUT2D eigenvalue weighted by atomic mass is 19.1. The van der Waals surface area contributed by atoms with E-state index in [0.717, 1.165) is 12.1 Å². The van der Waals surface area contributed by atoms with Crippen LogP contribution < -0.4 is 16.4 Å². The van der Waals surface area contributed by atoms with Gasteiger partial charge in [-0.25, -0.2) is 8.78 Å². The van der Waals surface area contributed by atoms with Gasteiger partial charge in [0.05, 0.1) is 0 Å². The maximum Gasteiger partial charge on any atom is 0.221 e. The van der Waals surface area contributed by atoms with Crippen molar-refractivity contribution in [3.05, 3.63) is 23.8 Å². The minimum atomic E-state index is -0.764. The summed E-state index contributed by atoms with van der Waals surface area (Å²) in [5, 5.41) is 5.28. The lowest BCUT2D eigenvalue weighted by Gasteiger charge is -2.10. The van der Waals surface area contributed by atoms with Gasteiger partial charge in [0.2, 0.25) is 5.91 Å². The predicted molar refractivity (Wildman–Crippen MR) is 71.7 cm³/mol. The number of benzene rings is 1. The third kappa shape index (κ3) is 5.11. The molecule has 6 heteroatoms. The number of nitrogens with one attached hydrogen (secondary N) is 2. The van der Waals surface area contributed by atoms with E-state index in [1.165, 1.54) is 0 Å². The van der Waals surface area contributed by atoms with Gasteiger partial charge in [-0.05, 0) is 18.1 Å². The summed E-state index contributed by atoms with van der Waals surface area (Å²) in [7, 11) is 0. The van der Waals surface area contributed by atoms with E-state index >= 15 is 0 Å². The van der Waals surface area contributed by atoms with Crippen LogP contribution in [0.1, 0.15) is 20.3 Å². The molecule has 0 atom stereocenters. The quantitative estimate of drug-likeness (QED) is 0.694. The van der Waals surface area contributed by atoms with Gasteiger partial charge in [-0.15, -0.1) is 0 Å². The lowest BCUT2D eigenvalue weighted by molar-refractivity contribution is -0.120. The molecule has 0 saturated carbocycles. The molecule has 0 radical (unpaired) electrons. The van der Waals surface area contributed by atoms with Crippen LogP contribution in [0.15, 0.2) is 12.1 Å². The van der Waals surface area contributed by atoms with Crippen LogP contribution in [-0.4, -0.2) is 19.0 Å². The number of carbonyl (C=O) groups excluding carboxylic acids is 1. The summed E-state index contributed by atoms with van der Waals surface area (Å²) < 4.78 is 26.8. The summed E-state index contributed by atoms with van der Waals surface area (Å²) in [4.78, 5) is 11.4. The second-order valence-corrected chi connectivity index (χ2v) is 4.73. The summed E-state index contributed by atoms with van der Waals surface area (Å²) >= 11 is 0. The Morgan fingerprint density at radius 2 is 1.89 bits per heavy atom. The SMILES string of the molecule is CC(C)CNC(=O)CCNc1c(F)cc(N)cc1F. The Balaban J connectivity index is 2.43. The highest BCUT2D eigenvalue weighted by molar-refractivity contribution is 5.76. The molecule has 0 heterocycles. The molecule has 0 spiro atoms. The van der Waals surface area contributed by atoms with Crippen LogP contribution in [0.2, 0.25) is 0 Å². The maximum absolute atomic E-state index is 13.4. The van der Waals surface area contributed by atoms with Gasteiger partial charge in [0, 0.05) is 25.2 Å². The van der Waals surface area contributed by atoms with Crippen LogP contribution in [0.4, 0.5) is 20.2 Å². The summed E-state index contributed by atoms with van der Waals surface area (Å²) in [6, 6.07) is 2.06. The van der Waals surface area contributed by atoms with Crippen LogP contribution in [-0.2, 0) is 4.79 Å². The van der Waals surface area contributed by atoms with Gasteiger partial charge >= 0.3 is 0 Å². The van der Waals surface area contributed by atoms with E-state index in [0.29, 0.717) is 12.5 Å². The molecule has 1 aromatic carbocycles. The van der Waals surface area contributed by atoms with Crippen LogP contribution in [0.25, 0.3) is 0 Å². The molecule has 0 aliphatic carbocycles. The summed E-state index contributed by atoms with van der Waals surface area (Å²) in [5.74, 6) is -1.32. The maximum atomic E-state index is 13.4. The first-order chi connectivity index (χ1) is 8.90. The fourth-order valence-corrected chi connectivity index (χ4v) is 1.47.